The number of primary sulfonamides is 1. The van der Waals surface area contributed by atoms with E-state index in [-0.39, 0.29) is 4.90 Å². The van der Waals surface area contributed by atoms with Gasteiger partial charge in [0.1, 0.15) is 0 Å². The molecule has 0 aromatic heterocycles. The van der Waals surface area contributed by atoms with E-state index >= 15 is 0 Å². The van der Waals surface area contributed by atoms with Gasteiger partial charge >= 0.3 is 0 Å². The van der Waals surface area contributed by atoms with Crippen LogP contribution < -0.4 is 10.5 Å². The zero-order valence-corrected chi connectivity index (χ0v) is 12.1. The van der Waals surface area contributed by atoms with Crippen molar-refractivity contribution in [1.29, 1.82) is 0 Å². The molecule has 1 aliphatic rings. The number of nitrogens with one attached hydrogen (secondary N) is 1. The largest absolute Gasteiger partial charge is 0.310 e. The minimum Gasteiger partial charge on any atom is -0.310 e. The molecule has 3 N–H and O–H groups in total. The molecular weight excluding hydrogens is 260 g/mol. The van der Waals surface area contributed by atoms with E-state index in [0.29, 0.717) is 12.6 Å². The van der Waals surface area contributed by atoms with Crippen LogP contribution in [0.2, 0.25) is 0 Å². The van der Waals surface area contributed by atoms with Gasteiger partial charge in [0.2, 0.25) is 10.0 Å². The fraction of sp³-hybridized carbons (Fsp3) is 0.571. The fourth-order valence-corrected chi connectivity index (χ4v) is 3.32. The van der Waals surface area contributed by atoms with E-state index in [4.69, 9.17) is 5.14 Å². The molecule has 1 fully saturated rings. The van der Waals surface area contributed by atoms with Gasteiger partial charge in [-0.1, -0.05) is 25.0 Å². The molecule has 0 spiro atoms. The summed E-state index contributed by atoms with van der Waals surface area (Å²) >= 11 is 0. The van der Waals surface area contributed by atoms with E-state index in [1.165, 1.54) is 31.7 Å². The van der Waals surface area contributed by atoms with Crippen molar-refractivity contribution in [3.8, 4) is 0 Å². The molecule has 1 saturated carbocycles. The summed E-state index contributed by atoms with van der Waals surface area (Å²) in [7, 11) is -3.61. The number of rotatable bonds is 5. The quantitative estimate of drug-likeness (QED) is 0.867. The van der Waals surface area contributed by atoms with Crippen molar-refractivity contribution in [2.24, 2.45) is 11.1 Å². The molecule has 19 heavy (non-hydrogen) atoms. The minimum atomic E-state index is -3.61. The number of sulfonamides is 1. The van der Waals surface area contributed by atoms with Crippen molar-refractivity contribution in [2.45, 2.75) is 50.1 Å². The lowest BCUT2D eigenvalue weighted by molar-refractivity contribution is 0.380. The molecule has 1 unspecified atom stereocenters. The first-order valence-electron chi connectivity index (χ1n) is 6.82. The molecule has 0 aliphatic heterocycles. The lowest BCUT2D eigenvalue weighted by Gasteiger charge is -2.20. The van der Waals surface area contributed by atoms with Crippen molar-refractivity contribution in [3.05, 3.63) is 29.8 Å². The van der Waals surface area contributed by atoms with Crippen LogP contribution in [0.15, 0.2) is 29.2 Å². The van der Waals surface area contributed by atoms with Crippen molar-refractivity contribution in [1.82, 2.24) is 5.32 Å². The zero-order chi connectivity index (χ0) is 13.9. The maximum Gasteiger partial charge on any atom is 0.238 e. The molecule has 0 heterocycles. The SMILES string of the molecule is CC(NCc1cccc(S(N)(=O)=O)c1)C1CCCC1. The van der Waals surface area contributed by atoms with Gasteiger partial charge < -0.3 is 5.32 Å². The standard InChI is InChI=1S/C14H22N2O2S/c1-11(13-6-2-3-7-13)16-10-12-5-4-8-14(9-12)19(15,17)18/h4-5,8-9,11,13,16H,2-3,6-7,10H2,1H3,(H2,15,17,18). The number of benzene rings is 1. The molecule has 1 aromatic rings. The minimum absolute atomic E-state index is 0.181. The van der Waals surface area contributed by atoms with E-state index in [0.717, 1.165) is 11.5 Å². The summed E-state index contributed by atoms with van der Waals surface area (Å²) in [5.74, 6) is 0.751. The maximum atomic E-state index is 11.3. The maximum absolute atomic E-state index is 11.3. The van der Waals surface area contributed by atoms with E-state index in [1.54, 1.807) is 12.1 Å². The molecule has 5 heteroatoms. The van der Waals surface area contributed by atoms with Gasteiger partial charge in [-0.05, 0) is 43.4 Å². The second-order valence-electron chi connectivity index (χ2n) is 5.41. The van der Waals surface area contributed by atoms with Gasteiger partial charge in [-0.25, -0.2) is 13.6 Å². The lowest BCUT2D eigenvalue weighted by atomic mass is 9.99. The Morgan fingerprint density at radius 1 is 1.37 bits per heavy atom. The summed E-state index contributed by atoms with van der Waals surface area (Å²) in [5, 5.41) is 8.62. The molecule has 106 valence electrons. The second kappa shape index (κ2) is 6.03. The molecule has 2 rings (SSSR count). The van der Waals surface area contributed by atoms with Crippen molar-refractivity contribution in [2.75, 3.05) is 0 Å². The Hall–Kier alpha value is -0.910. The zero-order valence-electron chi connectivity index (χ0n) is 11.3. The van der Waals surface area contributed by atoms with Gasteiger partial charge in [0, 0.05) is 12.6 Å². The van der Waals surface area contributed by atoms with Crippen molar-refractivity contribution in [3.63, 3.8) is 0 Å². The summed E-state index contributed by atoms with van der Waals surface area (Å²) in [5.41, 5.74) is 0.955. The summed E-state index contributed by atoms with van der Waals surface area (Å²) < 4.78 is 22.6. The summed E-state index contributed by atoms with van der Waals surface area (Å²) in [6.45, 7) is 2.89. The van der Waals surface area contributed by atoms with E-state index in [9.17, 15) is 8.42 Å². The predicted octanol–water partition coefficient (Wildman–Crippen LogP) is 2.00. The Morgan fingerprint density at radius 3 is 2.68 bits per heavy atom. The van der Waals surface area contributed by atoms with Gasteiger partial charge in [0.05, 0.1) is 4.90 Å². The van der Waals surface area contributed by atoms with Crippen LogP contribution in [0.1, 0.15) is 38.2 Å². The predicted molar refractivity (Wildman–Crippen MR) is 76.1 cm³/mol. The van der Waals surface area contributed by atoms with Crippen molar-refractivity contribution < 1.29 is 8.42 Å². The summed E-state index contributed by atoms with van der Waals surface area (Å²) in [6, 6.07) is 7.30. The van der Waals surface area contributed by atoms with Gasteiger partial charge in [0.15, 0.2) is 0 Å². The van der Waals surface area contributed by atoms with Crippen LogP contribution >= 0.6 is 0 Å². The average molecular weight is 282 g/mol. The second-order valence-corrected chi connectivity index (χ2v) is 6.97. The molecule has 1 atom stereocenters. The summed E-state index contributed by atoms with van der Waals surface area (Å²) in [6.07, 6.45) is 5.26. The van der Waals surface area contributed by atoms with Crippen LogP contribution in [0.3, 0.4) is 0 Å². The third-order valence-corrected chi connectivity index (χ3v) is 4.87. The third kappa shape index (κ3) is 4.03. The Bertz CT molecular complexity index is 522. The first kappa shape index (κ1) is 14.5. The Kier molecular flexibility index (Phi) is 4.60. The first-order chi connectivity index (χ1) is 8.97. The Balaban J connectivity index is 1.96. The van der Waals surface area contributed by atoms with E-state index in [1.807, 2.05) is 6.07 Å². The van der Waals surface area contributed by atoms with Crippen molar-refractivity contribution >= 4 is 10.0 Å². The molecule has 0 saturated heterocycles. The average Bonchev–Trinajstić information content (AvgIpc) is 2.89. The fourth-order valence-electron chi connectivity index (χ4n) is 2.74. The van der Waals surface area contributed by atoms with Crippen LogP contribution in [0, 0.1) is 5.92 Å². The van der Waals surface area contributed by atoms with Gasteiger partial charge in [-0.15, -0.1) is 0 Å². The Labute approximate surface area is 115 Å². The topological polar surface area (TPSA) is 72.2 Å². The highest BCUT2D eigenvalue weighted by Gasteiger charge is 2.20. The van der Waals surface area contributed by atoms with Crippen LogP contribution in [-0.4, -0.2) is 14.5 Å². The van der Waals surface area contributed by atoms with Crippen LogP contribution in [-0.2, 0) is 16.6 Å². The smallest absolute Gasteiger partial charge is 0.238 e. The van der Waals surface area contributed by atoms with Crippen LogP contribution in [0.5, 0.6) is 0 Å². The molecular formula is C14H22N2O2S. The molecule has 1 aliphatic carbocycles. The highest BCUT2D eigenvalue weighted by atomic mass is 32.2. The van der Waals surface area contributed by atoms with Crippen LogP contribution in [0.25, 0.3) is 0 Å². The van der Waals surface area contributed by atoms with Gasteiger partial charge in [0.25, 0.3) is 0 Å². The number of hydrogen-bond acceptors (Lipinski definition) is 3. The molecule has 0 radical (unpaired) electrons. The van der Waals surface area contributed by atoms with Gasteiger partial charge in [-0.2, -0.15) is 0 Å². The molecule has 0 bridgehead atoms. The monoisotopic (exact) mass is 282 g/mol. The molecule has 4 nitrogen and oxygen atoms in total. The third-order valence-electron chi connectivity index (χ3n) is 3.96. The molecule has 0 amide bonds. The van der Waals surface area contributed by atoms with E-state index < -0.39 is 10.0 Å². The highest BCUT2D eigenvalue weighted by Crippen LogP contribution is 2.27. The van der Waals surface area contributed by atoms with Crippen LogP contribution in [0.4, 0.5) is 0 Å². The number of nitrogens with two attached hydrogens (primary N) is 1. The first-order valence-corrected chi connectivity index (χ1v) is 8.36. The van der Waals surface area contributed by atoms with E-state index in [2.05, 4.69) is 12.2 Å². The summed E-state index contributed by atoms with van der Waals surface area (Å²) in [4.78, 5) is 0.181. The van der Waals surface area contributed by atoms with Gasteiger partial charge in [-0.3, -0.25) is 0 Å². The highest BCUT2D eigenvalue weighted by molar-refractivity contribution is 7.89. The Morgan fingerprint density at radius 2 is 2.05 bits per heavy atom. The lowest BCUT2D eigenvalue weighted by Crippen LogP contribution is -2.31. The molecule has 1 aromatic carbocycles. The normalized spacial score (nSPS) is 18.6. The number of hydrogen-bond donors (Lipinski definition) is 2.